The van der Waals surface area contributed by atoms with Gasteiger partial charge in [-0.3, -0.25) is 9.63 Å². The molecular weight excluding hydrogens is 182 g/mol. The van der Waals surface area contributed by atoms with Crippen molar-refractivity contribution in [2.24, 2.45) is 0 Å². The number of aliphatic carboxylic acids is 1. The third-order valence-electron chi connectivity index (χ3n) is 1.71. The Bertz CT molecular complexity index is 287. The molecule has 4 nitrogen and oxygen atoms in total. The van der Waals surface area contributed by atoms with Gasteiger partial charge in [0.1, 0.15) is 6.04 Å². The van der Waals surface area contributed by atoms with E-state index in [1.54, 1.807) is 0 Å². The van der Waals surface area contributed by atoms with E-state index in [2.05, 4.69) is 5.48 Å². The van der Waals surface area contributed by atoms with Crippen LogP contribution in [0.25, 0.3) is 0 Å². The van der Waals surface area contributed by atoms with Crippen LogP contribution in [0.3, 0.4) is 0 Å². The van der Waals surface area contributed by atoms with E-state index >= 15 is 0 Å². The number of hydroxylamine groups is 1. The molecule has 0 aliphatic rings. The first-order valence-corrected chi connectivity index (χ1v) is 4.34. The summed E-state index contributed by atoms with van der Waals surface area (Å²) in [7, 11) is 0. The highest BCUT2D eigenvalue weighted by Crippen LogP contribution is 1.99. The highest BCUT2D eigenvalue weighted by atomic mass is 16.6. The fraction of sp³-hybridized carbons (Fsp3) is 0.300. The number of benzene rings is 1. The van der Waals surface area contributed by atoms with Crippen molar-refractivity contribution < 1.29 is 14.7 Å². The molecule has 0 amide bonds. The van der Waals surface area contributed by atoms with Crippen LogP contribution in [-0.2, 0) is 16.2 Å². The van der Waals surface area contributed by atoms with E-state index in [0.717, 1.165) is 5.56 Å². The van der Waals surface area contributed by atoms with Crippen molar-refractivity contribution in [3.8, 4) is 0 Å². The second kappa shape index (κ2) is 5.36. The van der Waals surface area contributed by atoms with Crippen LogP contribution in [0.4, 0.5) is 0 Å². The van der Waals surface area contributed by atoms with Gasteiger partial charge in [-0.05, 0) is 12.5 Å². The molecule has 0 unspecified atom stereocenters. The SMILES string of the molecule is C[C@H](NOCc1ccccc1)C(=O)O. The molecule has 0 saturated carbocycles. The summed E-state index contributed by atoms with van der Waals surface area (Å²) in [6, 6.07) is 8.84. The second-order valence-electron chi connectivity index (χ2n) is 2.95. The fourth-order valence-electron chi connectivity index (χ4n) is 0.875. The van der Waals surface area contributed by atoms with E-state index in [0.29, 0.717) is 6.61 Å². The van der Waals surface area contributed by atoms with Crippen molar-refractivity contribution in [3.05, 3.63) is 35.9 Å². The van der Waals surface area contributed by atoms with Gasteiger partial charge in [-0.1, -0.05) is 30.3 Å². The van der Waals surface area contributed by atoms with E-state index < -0.39 is 12.0 Å². The minimum absolute atomic E-state index is 0.360. The predicted molar refractivity (Wildman–Crippen MR) is 51.5 cm³/mol. The van der Waals surface area contributed by atoms with Crippen molar-refractivity contribution in [1.82, 2.24) is 5.48 Å². The van der Waals surface area contributed by atoms with Crippen LogP contribution < -0.4 is 5.48 Å². The summed E-state index contributed by atoms with van der Waals surface area (Å²) in [5.74, 6) is -0.932. The normalized spacial score (nSPS) is 12.4. The Hall–Kier alpha value is -1.39. The van der Waals surface area contributed by atoms with Gasteiger partial charge in [-0.2, -0.15) is 5.48 Å². The molecule has 4 heteroatoms. The molecule has 1 aromatic rings. The highest BCUT2D eigenvalue weighted by Gasteiger charge is 2.09. The standard InChI is InChI=1S/C10H13NO3/c1-8(10(12)13)11-14-7-9-5-3-2-4-6-9/h2-6,8,11H,7H2,1H3,(H,12,13)/t8-/m0/s1. The lowest BCUT2D eigenvalue weighted by Crippen LogP contribution is -2.33. The smallest absolute Gasteiger partial charge is 0.322 e. The monoisotopic (exact) mass is 195 g/mol. The van der Waals surface area contributed by atoms with Gasteiger partial charge in [0.05, 0.1) is 6.61 Å². The molecule has 76 valence electrons. The van der Waals surface area contributed by atoms with Crippen molar-refractivity contribution in [1.29, 1.82) is 0 Å². The lowest BCUT2D eigenvalue weighted by Gasteiger charge is -2.08. The fourth-order valence-corrected chi connectivity index (χ4v) is 0.875. The van der Waals surface area contributed by atoms with E-state index in [9.17, 15) is 4.79 Å². The molecule has 0 bridgehead atoms. The number of hydrogen-bond donors (Lipinski definition) is 2. The molecular formula is C10H13NO3. The molecule has 1 rings (SSSR count). The molecule has 0 aliphatic carbocycles. The van der Waals surface area contributed by atoms with Crippen LogP contribution in [0.2, 0.25) is 0 Å². The molecule has 1 atom stereocenters. The van der Waals surface area contributed by atoms with Gasteiger partial charge in [0.15, 0.2) is 0 Å². The summed E-state index contributed by atoms with van der Waals surface area (Å²) < 4.78 is 0. The molecule has 0 aromatic heterocycles. The molecule has 0 saturated heterocycles. The summed E-state index contributed by atoms with van der Waals surface area (Å²) >= 11 is 0. The summed E-state index contributed by atoms with van der Waals surface area (Å²) in [6.07, 6.45) is 0. The van der Waals surface area contributed by atoms with Crippen molar-refractivity contribution in [2.75, 3.05) is 0 Å². The van der Waals surface area contributed by atoms with Crippen LogP contribution in [0, 0.1) is 0 Å². The lowest BCUT2D eigenvalue weighted by molar-refractivity contribution is -0.143. The van der Waals surface area contributed by atoms with Crippen LogP contribution in [0.1, 0.15) is 12.5 Å². The summed E-state index contributed by atoms with van der Waals surface area (Å²) in [4.78, 5) is 15.4. The zero-order chi connectivity index (χ0) is 10.4. The maximum atomic E-state index is 10.4. The first kappa shape index (κ1) is 10.7. The number of carboxylic acids is 1. The Balaban J connectivity index is 2.26. The molecule has 0 radical (unpaired) electrons. The summed E-state index contributed by atoms with van der Waals surface area (Å²) in [5.41, 5.74) is 3.43. The van der Waals surface area contributed by atoms with Crippen LogP contribution in [0.5, 0.6) is 0 Å². The maximum absolute atomic E-state index is 10.4. The van der Waals surface area contributed by atoms with Gasteiger partial charge < -0.3 is 5.11 Å². The summed E-state index contributed by atoms with van der Waals surface area (Å²) in [6.45, 7) is 1.88. The second-order valence-corrected chi connectivity index (χ2v) is 2.95. The minimum atomic E-state index is -0.932. The highest BCUT2D eigenvalue weighted by molar-refractivity contribution is 5.72. The number of rotatable bonds is 5. The quantitative estimate of drug-likeness (QED) is 0.693. The van der Waals surface area contributed by atoms with Crippen molar-refractivity contribution in [3.63, 3.8) is 0 Å². The van der Waals surface area contributed by atoms with E-state index in [1.807, 2.05) is 30.3 Å². The third-order valence-corrected chi connectivity index (χ3v) is 1.71. The van der Waals surface area contributed by atoms with Crippen LogP contribution in [0.15, 0.2) is 30.3 Å². The van der Waals surface area contributed by atoms with Crippen LogP contribution in [-0.4, -0.2) is 17.1 Å². The predicted octanol–water partition coefficient (Wildman–Crippen LogP) is 1.18. The zero-order valence-corrected chi connectivity index (χ0v) is 7.93. The van der Waals surface area contributed by atoms with Gasteiger partial charge in [-0.15, -0.1) is 0 Å². The zero-order valence-electron chi connectivity index (χ0n) is 7.93. The van der Waals surface area contributed by atoms with Gasteiger partial charge in [0, 0.05) is 0 Å². The molecule has 0 heterocycles. The Morgan fingerprint density at radius 1 is 1.50 bits per heavy atom. The van der Waals surface area contributed by atoms with Gasteiger partial charge >= 0.3 is 5.97 Å². The Labute approximate surface area is 82.5 Å². The Morgan fingerprint density at radius 3 is 2.71 bits per heavy atom. The maximum Gasteiger partial charge on any atom is 0.322 e. The molecule has 0 spiro atoms. The molecule has 0 fully saturated rings. The molecule has 1 aromatic carbocycles. The number of nitrogens with one attached hydrogen (secondary N) is 1. The van der Waals surface area contributed by atoms with Crippen molar-refractivity contribution >= 4 is 5.97 Å². The van der Waals surface area contributed by atoms with Gasteiger partial charge in [0.25, 0.3) is 0 Å². The molecule has 14 heavy (non-hydrogen) atoms. The minimum Gasteiger partial charge on any atom is -0.480 e. The van der Waals surface area contributed by atoms with E-state index in [4.69, 9.17) is 9.94 Å². The number of carbonyl (C=O) groups is 1. The Kier molecular flexibility index (Phi) is 4.10. The molecule has 2 N–H and O–H groups in total. The average molecular weight is 195 g/mol. The number of hydrogen-bond acceptors (Lipinski definition) is 3. The van der Waals surface area contributed by atoms with Gasteiger partial charge in [-0.25, -0.2) is 0 Å². The number of carboxylic acid groups (broad SMARTS) is 1. The van der Waals surface area contributed by atoms with Gasteiger partial charge in [0.2, 0.25) is 0 Å². The Morgan fingerprint density at radius 2 is 2.14 bits per heavy atom. The van der Waals surface area contributed by atoms with E-state index in [-0.39, 0.29) is 0 Å². The molecule has 0 aliphatic heterocycles. The van der Waals surface area contributed by atoms with Crippen molar-refractivity contribution in [2.45, 2.75) is 19.6 Å². The van der Waals surface area contributed by atoms with E-state index in [1.165, 1.54) is 6.92 Å². The first-order chi connectivity index (χ1) is 6.70. The summed E-state index contributed by atoms with van der Waals surface area (Å²) in [5, 5.41) is 8.54. The lowest BCUT2D eigenvalue weighted by atomic mass is 10.2. The first-order valence-electron chi connectivity index (χ1n) is 4.34. The topological polar surface area (TPSA) is 58.6 Å². The largest absolute Gasteiger partial charge is 0.480 e. The third kappa shape index (κ3) is 3.55. The average Bonchev–Trinajstić information content (AvgIpc) is 2.19. The van der Waals surface area contributed by atoms with Crippen LogP contribution >= 0.6 is 0 Å².